The van der Waals surface area contributed by atoms with Gasteiger partial charge in [-0.15, -0.1) is 0 Å². The van der Waals surface area contributed by atoms with E-state index in [1.165, 1.54) is 0 Å². The van der Waals surface area contributed by atoms with Crippen LogP contribution < -0.4 is 15.4 Å². The predicted octanol–water partition coefficient (Wildman–Crippen LogP) is 2.96. The topological polar surface area (TPSA) is 63.6 Å². The Kier molecular flexibility index (Phi) is 4.45. The van der Waals surface area contributed by atoms with Crippen LogP contribution in [0.3, 0.4) is 0 Å². The van der Waals surface area contributed by atoms with E-state index >= 15 is 0 Å². The van der Waals surface area contributed by atoms with E-state index in [0.29, 0.717) is 5.69 Å². The third-order valence-corrected chi connectivity index (χ3v) is 4.35. The number of nitrogens with one attached hydrogen (secondary N) is 2. The zero-order valence-corrected chi connectivity index (χ0v) is 14.2. The largest absolute Gasteiger partial charge is 0.488 e. The fourth-order valence-electron chi connectivity index (χ4n) is 2.63. The third-order valence-electron chi connectivity index (χ3n) is 4.06. The number of ether oxygens (including phenoxy) is 2. The van der Waals surface area contributed by atoms with Crippen molar-refractivity contribution >= 4 is 17.3 Å². The summed E-state index contributed by atoms with van der Waals surface area (Å²) < 4.78 is 49.3. The fraction of sp³-hybridized carbons (Fsp3) is 0.438. The van der Waals surface area contributed by atoms with Gasteiger partial charge in [0.15, 0.2) is 6.23 Å². The molecule has 2 fully saturated rings. The summed E-state index contributed by atoms with van der Waals surface area (Å²) in [7, 11) is 0. The molecule has 0 aliphatic carbocycles. The maximum Gasteiger partial charge on any atom is 0.408 e. The highest BCUT2D eigenvalue weighted by molar-refractivity contribution is 6.31. The van der Waals surface area contributed by atoms with Gasteiger partial charge in [0.25, 0.3) is 0 Å². The number of halogens is 4. The molecule has 0 bridgehead atoms. The van der Waals surface area contributed by atoms with Gasteiger partial charge in [0.05, 0.1) is 5.02 Å². The average Bonchev–Trinajstić information content (AvgIpc) is 3.18. The second-order valence-electron chi connectivity index (χ2n) is 6.22. The minimum atomic E-state index is -4.35. The lowest BCUT2D eigenvalue weighted by Crippen LogP contribution is -2.50. The van der Waals surface area contributed by atoms with Crippen molar-refractivity contribution in [1.29, 1.82) is 0 Å². The molecule has 0 radical (unpaired) electrons. The van der Waals surface area contributed by atoms with Crippen molar-refractivity contribution in [3.8, 4) is 5.75 Å². The molecule has 2 aliphatic rings. The Labute approximate surface area is 152 Å². The maximum atomic E-state index is 12.4. The summed E-state index contributed by atoms with van der Waals surface area (Å²) in [5, 5.41) is 10.3. The number of nitrogens with zero attached hydrogens (tertiary/aromatic N) is 2. The summed E-state index contributed by atoms with van der Waals surface area (Å²) in [4.78, 5) is 0. The SMILES string of the molecule is FC(F)(F)Cn1cc(Cl)c(C2OC2Nc2ccc(OC3CNC3)cc2)n1. The fourth-order valence-corrected chi connectivity index (χ4v) is 2.89. The van der Waals surface area contributed by atoms with Gasteiger partial charge in [0, 0.05) is 25.0 Å². The number of benzene rings is 1. The Hall–Kier alpha value is -1.97. The zero-order valence-electron chi connectivity index (χ0n) is 13.5. The second-order valence-corrected chi connectivity index (χ2v) is 6.63. The minimum absolute atomic E-state index is 0.154. The average molecular weight is 389 g/mol. The highest BCUT2D eigenvalue weighted by Crippen LogP contribution is 2.41. The molecule has 1 aromatic heterocycles. The lowest BCUT2D eigenvalue weighted by atomic mass is 10.2. The van der Waals surface area contributed by atoms with Crippen molar-refractivity contribution < 1.29 is 22.6 Å². The van der Waals surface area contributed by atoms with Gasteiger partial charge in [-0.3, -0.25) is 4.68 Å². The molecular weight excluding hydrogens is 373 g/mol. The first-order valence-electron chi connectivity index (χ1n) is 8.06. The molecule has 3 heterocycles. The Morgan fingerprint density at radius 1 is 1.31 bits per heavy atom. The molecule has 0 amide bonds. The van der Waals surface area contributed by atoms with Crippen LogP contribution in [0.5, 0.6) is 5.75 Å². The molecule has 2 saturated heterocycles. The molecule has 4 rings (SSSR count). The Balaban J connectivity index is 1.34. The predicted molar refractivity (Wildman–Crippen MR) is 88.3 cm³/mol. The van der Waals surface area contributed by atoms with Gasteiger partial charge in [-0.2, -0.15) is 18.3 Å². The van der Waals surface area contributed by atoms with Crippen molar-refractivity contribution in [2.24, 2.45) is 0 Å². The van der Waals surface area contributed by atoms with Crippen molar-refractivity contribution in [3.05, 3.63) is 41.2 Å². The number of rotatable bonds is 6. The Morgan fingerprint density at radius 3 is 2.65 bits per heavy atom. The summed E-state index contributed by atoms with van der Waals surface area (Å²) in [6, 6.07) is 7.40. The molecule has 10 heteroatoms. The molecule has 0 spiro atoms. The van der Waals surface area contributed by atoms with E-state index in [0.717, 1.165) is 35.4 Å². The number of hydrogen-bond acceptors (Lipinski definition) is 5. The van der Waals surface area contributed by atoms with Crippen LogP contribution in [0, 0.1) is 0 Å². The maximum absolute atomic E-state index is 12.4. The van der Waals surface area contributed by atoms with Crippen LogP contribution >= 0.6 is 11.6 Å². The first-order valence-corrected chi connectivity index (χ1v) is 8.44. The lowest BCUT2D eigenvalue weighted by molar-refractivity contribution is -0.142. The molecular formula is C16H16ClF3N4O2. The molecule has 140 valence electrons. The summed E-state index contributed by atoms with van der Waals surface area (Å²) in [5.41, 5.74) is 1.10. The highest BCUT2D eigenvalue weighted by atomic mass is 35.5. The Morgan fingerprint density at radius 2 is 2.04 bits per heavy atom. The molecule has 0 saturated carbocycles. The third kappa shape index (κ3) is 4.05. The molecule has 2 N–H and O–H groups in total. The van der Waals surface area contributed by atoms with Crippen LogP contribution in [0.2, 0.25) is 5.02 Å². The summed E-state index contributed by atoms with van der Waals surface area (Å²) >= 11 is 5.99. The number of hydrogen-bond donors (Lipinski definition) is 2. The molecule has 2 aromatic rings. The quantitative estimate of drug-likeness (QED) is 0.745. The zero-order chi connectivity index (χ0) is 18.3. The first-order chi connectivity index (χ1) is 12.4. The number of anilines is 1. The molecule has 2 atom stereocenters. The van der Waals surface area contributed by atoms with E-state index in [1.54, 1.807) is 0 Å². The number of alkyl halides is 3. The van der Waals surface area contributed by atoms with Crippen molar-refractivity contribution in [2.75, 3.05) is 18.4 Å². The first kappa shape index (κ1) is 17.4. The van der Waals surface area contributed by atoms with Crippen LogP contribution in [0.25, 0.3) is 0 Å². The van der Waals surface area contributed by atoms with Crippen molar-refractivity contribution in [3.63, 3.8) is 0 Å². The van der Waals surface area contributed by atoms with E-state index in [4.69, 9.17) is 21.1 Å². The normalized spacial score (nSPS) is 22.8. The molecule has 26 heavy (non-hydrogen) atoms. The van der Waals surface area contributed by atoms with E-state index in [9.17, 15) is 13.2 Å². The second kappa shape index (κ2) is 6.64. The van der Waals surface area contributed by atoms with E-state index < -0.39 is 18.8 Å². The highest BCUT2D eigenvalue weighted by Gasteiger charge is 2.44. The molecule has 1 aromatic carbocycles. The monoisotopic (exact) mass is 388 g/mol. The smallest absolute Gasteiger partial charge is 0.408 e. The van der Waals surface area contributed by atoms with Crippen LogP contribution in [-0.4, -0.2) is 41.4 Å². The summed E-state index contributed by atoms with van der Waals surface area (Å²) in [5.74, 6) is 0.782. The molecule has 2 unspecified atom stereocenters. The van der Waals surface area contributed by atoms with E-state index in [-0.39, 0.29) is 17.4 Å². The summed E-state index contributed by atoms with van der Waals surface area (Å²) in [6.45, 7) is 0.508. The molecule has 6 nitrogen and oxygen atoms in total. The van der Waals surface area contributed by atoms with E-state index in [2.05, 4.69) is 15.7 Å². The molecule has 2 aliphatic heterocycles. The van der Waals surface area contributed by atoms with Crippen molar-refractivity contribution in [1.82, 2.24) is 15.1 Å². The van der Waals surface area contributed by atoms with Gasteiger partial charge >= 0.3 is 6.18 Å². The van der Waals surface area contributed by atoms with E-state index in [1.807, 2.05) is 24.3 Å². The van der Waals surface area contributed by atoms with Gasteiger partial charge in [0.1, 0.15) is 30.2 Å². The number of aromatic nitrogens is 2. The van der Waals surface area contributed by atoms with Crippen LogP contribution in [0.1, 0.15) is 11.8 Å². The van der Waals surface area contributed by atoms with Gasteiger partial charge in [-0.05, 0) is 24.3 Å². The van der Waals surface area contributed by atoms with Gasteiger partial charge < -0.3 is 20.1 Å². The van der Waals surface area contributed by atoms with Crippen LogP contribution in [0.4, 0.5) is 18.9 Å². The van der Waals surface area contributed by atoms with Crippen molar-refractivity contribution in [2.45, 2.75) is 31.2 Å². The minimum Gasteiger partial charge on any atom is -0.488 e. The van der Waals surface area contributed by atoms with Gasteiger partial charge in [0.2, 0.25) is 0 Å². The lowest BCUT2D eigenvalue weighted by Gasteiger charge is -2.27. The van der Waals surface area contributed by atoms with Crippen LogP contribution in [0.15, 0.2) is 30.5 Å². The standard InChI is InChI=1S/C16H16ClF3N4O2/c17-12-7-24(8-16(18,19)20)23-13(12)14-15(26-14)22-9-1-3-10(4-2-9)25-11-5-21-6-11/h1-4,7,11,14-15,21-22H,5-6,8H2. The van der Waals surface area contributed by atoms with Gasteiger partial charge in [-0.1, -0.05) is 11.6 Å². The van der Waals surface area contributed by atoms with Crippen LogP contribution in [-0.2, 0) is 11.3 Å². The Bertz CT molecular complexity index is 777. The summed E-state index contributed by atoms with van der Waals surface area (Å²) in [6.07, 6.45) is -3.85. The van der Waals surface area contributed by atoms with Gasteiger partial charge in [-0.25, -0.2) is 0 Å². The number of epoxide rings is 1.